The van der Waals surface area contributed by atoms with Crippen LogP contribution in [0.1, 0.15) is 5.56 Å². The molecule has 0 aromatic heterocycles. The maximum absolute atomic E-state index is 5.35. The van der Waals surface area contributed by atoms with Gasteiger partial charge >= 0.3 is 0 Å². The number of fused-ring (bicyclic) bond motifs is 1. The van der Waals surface area contributed by atoms with Gasteiger partial charge in [-0.05, 0) is 25.6 Å². The number of nitrogens with zero attached hydrogens (tertiary/aromatic N) is 1. The fourth-order valence-electron chi connectivity index (χ4n) is 1.77. The van der Waals surface area contributed by atoms with Crippen molar-refractivity contribution in [2.24, 2.45) is 0 Å². The highest BCUT2D eigenvalue weighted by atomic mass is 16.7. The number of aryl methyl sites for hydroxylation is 1. The number of nitrogens with one attached hydrogen (secondary N) is 1. The van der Waals surface area contributed by atoms with Gasteiger partial charge in [-0.1, -0.05) is 0 Å². The van der Waals surface area contributed by atoms with Crippen LogP contribution in [0.15, 0.2) is 12.1 Å². The summed E-state index contributed by atoms with van der Waals surface area (Å²) in [6, 6.07) is 4.04. The second-order valence-corrected chi connectivity index (χ2v) is 3.70. The van der Waals surface area contributed by atoms with Gasteiger partial charge in [-0.25, -0.2) is 0 Å². The van der Waals surface area contributed by atoms with Crippen LogP contribution >= 0.6 is 0 Å². The quantitative estimate of drug-likeness (QED) is 0.760. The number of rotatable bonds is 3. The summed E-state index contributed by atoms with van der Waals surface area (Å²) in [5.41, 5.74) is 2.35. The van der Waals surface area contributed by atoms with Crippen LogP contribution < -0.4 is 19.7 Å². The molecule has 15 heavy (non-hydrogen) atoms. The zero-order valence-corrected chi connectivity index (χ0v) is 9.33. The highest BCUT2D eigenvalue weighted by Gasteiger charge is 2.16. The Morgan fingerprint density at radius 2 is 2.00 bits per heavy atom. The first-order valence-electron chi connectivity index (χ1n) is 4.98. The Bertz CT molecular complexity index is 366. The van der Waals surface area contributed by atoms with E-state index in [1.165, 1.54) is 5.56 Å². The molecule has 1 aliphatic heterocycles. The highest BCUT2D eigenvalue weighted by Crippen LogP contribution is 2.37. The van der Waals surface area contributed by atoms with E-state index >= 15 is 0 Å². The first-order chi connectivity index (χ1) is 7.22. The SMILES string of the molecule is CNCN(C)c1cc2c(cc1C)OCO2. The maximum atomic E-state index is 5.35. The summed E-state index contributed by atoms with van der Waals surface area (Å²) in [4.78, 5) is 2.14. The Balaban J connectivity index is 2.31. The molecule has 1 N–H and O–H groups in total. The lowest BCUT2D eigenvalue weighted by Gasteiger charge is -2.21. The highest BCUT2D eigenvalue weighted by molar-refractivity contribution is 5.61. The Morgan fingerprint density at radius 3 is 2.67 bits per heavy atom. The number of hydrogen-bond donors (Lipinski definition) is 1. The van der Waals surface area contributed by atoms with Crippen molar-refractivity contribution in [3.8, 4) is 11.5 Å². The van der Waals surface area contributed by atoms with Crippen molar-refractivity contribution in [1.29, 1.82) is 0 Å². The minimum Gasteiger partial charge on any atom is -0.454 e. The number of anilines is 1. The largest absolute Gasteiger partial charge is 0.454 e. The van der Waals surface area contributed by atoms with Crippen molar-refractivity contribution in [1.82, 2.24) is 5.32 Å². The summed E-state index contributed by atoms with van der Waals surface area (Å²) in [7, 11) is 3.97. The third kappa shape index (κ3) is 1.85. The molecule has 2 rings (SSSR count). The van der Waals surface area contributed by atoms with E-state index in [2.05, 4.69) is 17.1 Å². The standard InChI is InChI=1S/C11H16N2O2/c1-8-4-10-11(15-7-14-10)5-9(8)13(3)6-12-2/h4-5,12H,6-7H2,1-3H3. The van der Waals surface area contributed by atoms with Gasteiger partial charge in [-0.3, -0.25) is 0 Å². The van der Waals surface area contributed by atoms with Crippen LogP contribution in [0.25, 0.3) is 0 Å². The third-order valence-corrected chi connectivity index (χ3v) is 2.50. The molecule has 0 aliphatic carbocycles. The van der Waals surface area contributed by atoms with Crippen LogP contribution in [0.4, 0.5) is 5.69 Å². The van der Waals surface area contributed by atoms with Gasteiger partial charge in [0.25, 0.3) is 0 Å². The van der Waals surface area contributed by atoms with E-state index in [9.17, 15) is 0 Å². The molecule has 0 bridgehead atoms. The first kappa shape index (κ1) is 10.1. The van der Waals surface area contributed by atoms with E-state index in [4.69, 9.17) is 9.47 Å². The van der Waals surface area contributed by atoms with Crippen LogP contribution in [-0.2, 0) is 0 Å². The molecule has 82 valence electrons. The summed E-state index contributed by atoms with van der Waals surface area (Å²) in [6.45, 7) is 3.21. The second kappa shape index (κ2) is 3.98. The minimum atomic E-state index is 0.327. The Labute approximate surface area is 89.8 Å². The Kier molecular flexibility index (Phi) is 2.68. The molecule has 1 heterocycles. The van der Waals surface area contributed by atoms with Crippen molar-refractivity contribution in [2.75, 3.05) is 32.5 Å². The monoisotopic (exact) mass is 208 g/mol. The molecule has 1 aromatic rings. The predicted octanol–water partition coefficient (Wildman–Crippen LogP) is 1.34. The van der Waals surface area contributed by atoms with E-state index in [1.807, 2.05) is 26.2 Å². The van der Waals surface area contributed by atoms with Crippen molar-refractivity contribution >= 4 is 5.69 Å². The van der Waals surface area contributed by atoms with Crippen molar-refractivity contribution in [3.05, 3.63) is 17.7 Å². The topological polar surface area (TPSA) is 33.7 Å². The Morgan fingerprint density at radius 1 is 1.33 bits per heavy atom. The molecule has 0 fully saturated rings. The molecule has 0 atom stereocenters. The zero-order valence-electron chi connectivity index (χ0n) is 9.33. The second-order valence-electron chi connectivity index (χ2n) is 3.70. The molecule has 0 spiro atoms. The van der Waals surface area contributed by atoms with E-state index in [1.54, 1.807) is 0 Å². The molecule has 0 radical (unpaired) electrons. The van der Waals surface area contributed by atoms with Crippen molar-refractivity contribution < 1.29 is 9.47 Å². The lowest BCUT2D eigenvalue weighted by molar-refractivity contribution is 0.174. The van der Waals surface area contributed by atoms with Gasteiger partial charge in [0, 0.05) is 18.8 Å². The predicted molar refractivity (Wildman–Crippen MR) is 59.6 cm³/mol. The van der Waals surface area contributed by atoms with Gasteiger partial charge in [-0.15, -0.1) is 0 Å². The third-order valence-electron chi connectivity index (χ3n) is 2.50. The van der Waals surface area contributed by atoms with E-state index in [0.29, 0.717) is 6.79 Å². The molecule has 4 nitrogen and oxygen atoms in total. The molecular formula is C11H16N2O2. The van der Waals surface area contributed by atoms with Gasteiger partial charge in [-0.2, -0.15) is 0 Å². The molecule has 0 saturated carbocycles. The van der Waals surface area contributed by atoms with E-state index in [0.717, 1.165) is 23.9 Å². The van der Waals surface area contributed by atoms with Crippen LogP contribution in [0.5, 0.6) is 11.5 Å². The molecule has 0 amide bonds. The Hall–Kier alpha value is -1.42. The van der Waals surface area contributed by atoms with Crippen LogP contribution in [0.2, 0.25) is 0 Å². The average molecular weight is 208 g/mol. The van der Waals surface area contributed by atoms with Gasteiger partial charge in [0.05, 0.1) is 6.67 Å². The van der Waals surface area contributed by atoms with Crippen molar-refractivity contribution in [3.63, 3.8) is 0 Å². The van der Waals surface area contributed by atoms with Crippen LogP contribution in [0.3, 0.4) is 0 Å². The fraction of sp³-hybridized carbons (Fsp3) is 0.455. The summed E-state index contributed by atoms with van der Waals surface area (Å²) in [5.74, 6) is 1.67. The molecule has 0 saturated heterocycles. The summed E-state index contributed by atoms with van der Waals surface area (Å²) < 4.78 is 10.7. The van der Waals surface area contributed by atoms with Gasteiger partial charge in [0.15, 0.2) is 11.5 Å². The summed E-state index contributed by atoms with van der Waals surface area (Å²) >= 11 is 0. The molecule has 1 aromatic carbocycles. The molecular weight excluding hydrogens is 192 g/mol. The minimum absolute atomic E-state index is 0.327. The number of hydrogen-bond acceptors (Lipinski definition) is 4. The van der Waals surface area contributed by atoms with Crippen molar-refractivity contribution in [2.45, 2.75) is 6.92 Å². The van der Waals surface area contributed by atoms with E-state index < -0.39 is 0 Å². The van der Waals surface area contributed by atoms with E-state index in [-0.39, 0.29) is 0 Å². The first-order valence-corrected chi connectivity index (χ1v) is 4.98. The fourth-order valence-corrected chi connectivity index (χ4v) is 1.77. The summed E-state index contributed by atoms with van der Waals surface area (Å²) in [5, 5.41) is 3.11. The number of ether oxygens (including phenoxy) is 2. The van der Waals surface area contributed by atoms with Gasteiger partial charge in [0.1, 0.15) is 0 Å². The van der Waals surface area contributed by atoms with Crippen LogP contribution in [0, 0.1) is 6.92 Å². The normalized spacial score (nSPS) is 13.0. The molecule has 1 aliphatic rings. The molecule has 0 unspecified atom stereocenters. The summed E-state index contributed by atoms with van der Waals surface area (Å²) in [6.07, 6.45) is 0. The average Bonchev–Trinajstić information content (AvgIpc) is 2.63. The van der Waals surface area contributed by atoms with Crippen LogP contribution in [-0.4, -0.2) is 27.6 Å². The smallest absolute Gasteiger partial charge is 0.231 e. The molecule has 4 heteroatoms. The maximum Gasteiger partial charge on any atom is 0.231 e. The lowest BCUT2D eigenvalue weighted by Crippen LogP contribution is -2.28. The zero-order chi connectivity index (χ0) is 10.8. The number of benzene rings is 1. The lowest BCUT2D eigenvalue weighted by atomic mass is 10.1. The van der Waals surface area contributed by atoms with Gasteiger partial charge in [0.2, 0.25) is 6.79 Å². The van der Waals surface area contributed by atoms with Gasteiger partial charge < -0.3 is 19.7 Å².